The van der Waals surface area contributed by atoms with Crippen LogP contribution in [-0.2, 0) is 0 Å². The molecular formula is C28H26N4O2. The molecule has 0 radical (unpaired) electrons. The number of aromatic amines is 1. The number of hydrogen-bond acceptors (Lipinski definition) is 4. The number of nitrogens with zero attached hydrogens (tertiary/aromatic N) is 2. The zero-order valence-electron chi connectivity index (χ0n) is 18.4. The Labute approximate surface area is 199 Å². The molecule has 0 spiro atoms. The van der Waals surface area contributed by atoms with E-state index in [0.29, 0.717) is 30.6 Å². The van der Waals surface area contributed by atoms with E-state index >= 15 is 0 Å². The minimum atomic E-state index is -0.215. The minimum absolute atomic E-state index is 0. The van der Waals surface area contributed by atoms with Crippen molar-refractivity contribution >= 4 is 39.3 Å². The zero-order chi connectivity index (χ0) is 23.1. The van der Waals surface area contributed by atoms with Crippen molar-refractivity contribution in [1.29, 1.82) is 0 Å². The van der Waals surface area contributed by atoms with Crippen LogP contribution in [0.1, 0.15) is 30.0 Å². The van der Waals surface area contributed by atoms with Crippen LogP contribution in [0.3, 0.4) is 0 Å². The Bertz CT molecular complexity index is 1510. The van der Waals surface area contributed by atoms with Crippen LogP contribution in [0.4, 0.5) is 5.69 Å². The monoisotopic (exact) mass is 450 g/mol. The number of hydrogen-bond donors (Lipinski definition) is 2. The Morgan fingerprint density at radius 2 is 1.56 bits per heavy atom. The van der Waals surface area contributed by atoms with E-state index in [-0.39, 0.29) is 14.7 Å². The van der Waals surface area contributed by atoms with Gasteiger partial charge >= 0.3 is 0 Å². The van der Waals surface area contributed by atoms with Gasteiger partial charge in [0.15, 0.2) is 0 Å². The zero-order valence-corrected chi connectivity index (χ0v) is 18.4. The normalized spacial score (nSPS) is 13.1. The Balaban J connectivity index is 0.00000152. The van der Waals surface area contributed by atoms with Crippen LogP contribution in [0.15, 0.2) is 85.2 Å². The summed E-state index contributed by atoms with van der Waals surface area (Å²) < 4.78 is 0. The quantitative estimate of drug-likeness (QED) is 0.247. The molecular weight excluding hydrogens is 424 g/mol. The van der Waals surface area contributed by atoms with Crippen molar-refractivity contribution in [3.05, 3.63) is 96.3 Å². The van der Waals surface area contributed by atoms with Gasteiger partial charge in [0.2, 0.25) is 0 Å². The number of aromatic nitrogens is 2. The molecule has 0 saturated heterocycles. The average molecular weight is 451 g/mol. The van der Waals surface area contributed by atoms with Crippen LogP contribution >= 0.6 is 0 Å². The highest BCUT2D eigenvalue weighted by Gasteiger charge is 2.32. The van der Waals surface area contributed by atoms with Crippen LogP contribution in [0, 0.1) is 0 Å². The van der Waals surface area contributed by atoms with Gasteiger partial charge in [0, 0.05) is 38.1 Å². The van der Waals surface area contributed by atoms with Gasteiger partial charge in [-0.2, -0.15) is 0 Å². The summed E-state index contributed by atoms with van der Waals surface area (Å²) in [4.78, 5) is 34.8. The van der Waals surface area contributed by atoms with Crippen molar-refractivity contribution in [3.63, 3.8) is 0 Å². The van der Waals surface area contributed by atoms with Crippen molar-refractivity contribution in [3.8, 4) is 11.1 Å². The summed E-state index contributed by atoms with van der Waals surface area (Å²) in [5, 5.41) is 5.08. The topological polar surface area (TPSA) is 78.1 Å². The lowest BCUT2D eigenvalue weighted by Gasteiger charge is -2.27. The molecule has 5 aromatic rings. The van der Waals surface area contributed by atoms with Crippen molar-refractivity contribution < 1.29 is 12.4 Å². The lowest BCUT2D eigenvalue weighted by molar-refractivity contribution is 0.0610. The molecule has 1 aliphatic heterocycles. The highest BCUT2D eigenvalue weighted by Crippen LogP contribution is 2.30. The Morgan fingerprint density at radius 1 is 0.853 bits per heavy atom. The molecule has 1 aliphatic rings. The van der Waals surface area contributed by atoms with E-state index in [1.54, 1.807) is 18.5 Å². The second-order valence-electron chi connectivity index (χ2n) is 8.46. The smallest absolute Gasteiger partial charge is 0.261 e. The summed E-state index contributed by atoms with van der Waals surface area (Å²) in [6.07, 6.45) is 2.36. The van der Waals surface area contributed by atoms with Crippen LogP contribution in [-0.4, -0.2) is 39.8 Å². The first-order valence-electron chi connectivity index (χ1n) is 11.3. The Kier molecular flexibility index (Phi) is 4.84. The molecule has 0 fully saturated rings. The Morgan fingerprint density at radius 3 is 2.29 bits per heavy atom. The number of imidazole rings is 1. The molecule has 6 rings (SSSR count). The van der Waals surface area contributed by atoms with E-state index in [1.165, 1.54) is 4.90 Å². The fourth-order valence-corrected chi connectivity index (χ4v) is 4.65. The van der Waals surface area contributed by atoms with Gasteiger partial charge in [0.25, 0.3) is 11.8 Å². The molecule has 34 heavy (non-hydrogen) atoms. The Hall–Kier alpha value is -4.45. The summed E-state index contributed by atoms with van der Waals surface area (Å²) in [5.41, 5.74) is 6.42. The van der Waals surface area contributed by atoms with Crippen LogP contribution in [0.5, 0.6) is 0 Å². The lowest BCUT2D eigenvalue weighted by atomic mass is 9.94. The van der Waals surface area contributed by atoms with Crippen molar-refractivity contribution in [2.24, 2.45) is 0 Å². The number of carbonyl (C=O) groups excluding carboxylic acids is 2. The molecule has 1 aromatic heterocycles. The van der Waals surface area contributed by atoms with Gasteiger partial charge in [-0.05, 0) is 59.3 Å². The van der Waals surface area contributed by atoms with Crippen molar-refractivity contribution in [2.75, 3.05) is 18.4 Å². The summed E-state index contributed by atoms with van der Waals surface area (Å²) in [5.74, 6) is -0.430. The minimum Gasteiger partial charge on any atom is -0.385 e. The maximum atomic E-state index is 13.0. The number of amides is 2. The van der Waals surface area contributed by atoms with Crippen LogP contribution in [0.2, 0.25) is 0 Å². The molecule has 0 unspecified atom stereocenters. The van der Waals surface area contributed by atoms with Gasteiger partial charge < -0.3 is 10.3 Å². The molecule has 2 amide bonds. The number of anilines is 1. The SMILES string of the molecule is O=C1c2cccc3cccc(c23)C(=O)N1CCCNc1ccc(-c2ccc3nc[nH]c3c2)cc1.[HH].[HH]. The first-order valence-corrected chi connectivity index (χ1v) is 11.3. The van der Waals surface area contributed by atoms with E-state index < -0.39 is 0 Å². The number of rotatable bonds is 6. The van der Waals surface area contributed by atoms with E-state index in [9.17, 15) is 9.59 Å². The first kappa shape index (κ1) is 20.2. The van der Waals surface area contributed by atoms with Crippen molar-refractivity contribution in [2.45, 2.75) is 6.42 Å². The molecule has 0 bridgehead atoms. The number of imide groups is 1. The molecule has 6 nitrogen and oxygen atoms in total. The van der Waals surface area contributed by atoms with E-state index in [1.807, 2.05) is 42.5 Å². The summed E-state index contributed by atoms with van der Waals surface area (Å²) in [6, 6.07) is 25.6. The maximum absolute atomic E-state index is 13.0. The van der Waals surface area contributed by atoms with E-state index in [0.717, 1.165) is 38.6 Å². The summed E-state index contributed by atoms with van der Waals surface area (Å²) in [6.45, 7) is 1.03. The van der Waals surface area contributed by atoms with Crippen LogP contribution < -0.4 is 5.32 Å². The average Bonchev–Trinajstić information content (AvgIpc) is 3.35. The summed E-state index contributed by atoms with van der Waals surface area (Å²) in [7, 11) is 0. The highest BCUT2D eigenvalue weighted by molar-refractivity contribution is 6.25. The largest absolute Gasteiger partial charge is 0.385 e. The molecule has 170 valence electrons. The second-order valence-corrected chi connectivity index (χ2v) is 8.46. The van der Waals surface area contributed by atoms with Gasteiger partial charge in [0.05, 0.1) is 17.4 Å². The number of nitrogens with one attached hydrogen (secondary N) is 2. The fourth-order valence-electron chi connectivity index (χ4n) is 4.65. The predicted molar refractivity (Wildman–Crippen MR) is 138 cm³/mol. The van der Waals surface area contributed by atoms with Gasteiger partial charge in [-0.3, -0.25) is 14.5 Å². The summed E-state index contributed by atoms with van der Waals surface area (Å²) >= 11 is 0. The fraction of sp³-hybridized carbons (Fsp3) is 0.107. The van der Waals surface area contributed by atoms with Gasteiger partial charge in [0.1, 0.15) is 0 Å². The number of fused-ring (bicyclic) bond motifs is 1. The van der Waals surface area contributed by atoms with Crippen LogP contribution in [0.25, 0.3) is 32.9 Å². The molecule has 0 aliphatic carbocycles. The molecule has 4 aromatic carbocycles. The lowest BCUT2D eigenvalue weighted by Crippen LogP contribution is -2.41. The third-order valence-electron chi connectivity index (χ3n) is 6.38. The molecule has 2 heterocycles. The second kappa shape index (κ2) is 8.15. The third-order valence-corrected chi connectivity index (χ3v) is 6.38. The molecule has 0 saturated carbocycles. The van der Waals surface area contributed by atoms with Gasteiger partial charge in [-0.15, -0.1) is 0 Å². The number of benzene rings is 4. The first-order chi connectivity index (χ1) is 16.7. The van der Waals surface area contributed by atoms with E-state index in [4.69, 9.17) is 0 Å². The van der Waals surface area contributed by atoms with E-state index in [2.05, 4.69) is 39.6 Å². The van der Waals surface area contributed by atoms with Gasteiger partial charge in [-0.25, -0.2) is 4.98 Å². The number of H-pyrrole nitrogens is 1. The number of carbonyl (C=O) groups is 2. The molecule has 2 N–H and O–H groups in total. The highest BCUT2D eigenvalue weighted by atomic mass is 16.2. The van der Waals surface area contributed by atoms with Gasteiger partial charge in [-0.1, -0.05) is 42.5 Å². The molecule has 6 heteroatoms. The third kappa shape index (κ3) is 3.40. The maximum Gasteiger partial charge on any atom is 0.261 e. The predicted octanol–water partition coefficient (Wildman–Crippen LogP) is 5.97. The van der Waals surface area contributed by atoms with Crippen molar-refractivity contribution in [1.82, 2.24) is 14.9 Å². The molecule has 0 atom stereocenters. The standard InChI is InChI=1S/C28H22N4O2.2H2/c33-27-22-6-1-4-19-5-2-7-23(26(19)22)28(34)32(27)15-3-14-29-21-11-8-18(9-12-21)20-10-13-24-25(16-20)31-17-30-24;;/h1-2,4-13,16-17,29H,3,14-15H2,(H,30,31);2*1H.